The number of nitriles is 2. The van der Waals surface area contributed by atoms with Crippen LogP contribution in [0, 0.1) is 22.7 Å². The number of hydrogen-bond donors (Lipinski definition) is 0. The van der Waals surface area contributed by atoms with Gasteiger partial charge in [0.1, 0.15) is 8.96 Å². The highest BCUT2D eigenvalue weighted by molar-refractivity contribution is 6.92. The van der Waals surface area contributed by atoms with Crippen molar-refractivity contribution in [1.29, 1.82) is 10.5 Å². The van der Waals surface area contributed by atoms with Crippen LogP contribution < -0.4 is 0 Å². The van der Waals surface area contributed by atoms with Crippen molar-refractivity contribution in [3.05, 3.63) is 24.6 Å². The predicted octanol–water partition coefficient (Wildman–Crippen LogP) is 3.54. The Balaban J connectivity index is 4.94. The second-order valence-corrected chi connectivity index (χ2v) is 11.5. The molecule has 0 spiro atoms. The summed E-state index contributed by atoms with van der Waals surface area (Å²) in [4.78, 5) is 0. The molecule has 0 amide bonds. The van der Waals surface area contributed by atoms with E-state index in [0.717, 1.165) is 25.4 Å². The average molecular weight is 291 g/mol. The van der Waals surface area contributed by atoms with Crippen LogP contribution in [-0.2, 0) is 0 Å². The van der Waals surface area contributed by atoms with Crippen molar-refractivity contribution >= 4 is 17.2 Å². The number of hydrogen-bond acceptors (Lipinski definition) is 3. The van der Waals surface area contributed by atoms with E-state index in [1.807, 2.05) is 0 Å². The Hall–Kier alpha value is -1.15. The number of unbranched alkanes of at least 4 members (excludes halogenated alkanes) is 2. The first-order valence-electron chi connectivity index (χ1n) is 6.67. The van der Waals surface area contributed by atoms with Crippen molar-refractivity contribution in [1.82, 2.24) is 4.23 Å². The summed E-state index contributed by atoms with van der Waals surface area (Å²) in [5, 5.41) is 17.4. The second-order valence-electron chi connectivity index (χ2n) is 4.77. The Labute approximate surface area is 120 Å². The minimum absolute atomic E-state index is 0.595. The molecule has 0 rings (SSSR count). The summed E-state index contributed by atoms with van der Waals surface area (Å²) < 4.78 is 2.56. The van der Waals surface area contributed by atoms with E-state index in [1.54, 1.807) is 0 Å². The van der Waals surface area contributed by atoms with E-state index < -0.39 is 17.2 Å². The van der Waals surface area contributed by atoms with Gasteiger partial charge in [0.2, 0.25) is 0 Å². The first-order valence-corrected chi connectivity index (χ1v) is 11.4. The smallest absolute Gasteiger partial charge is 0.170 e. The summed E-state index contributed by atoms with van der Waals surface area (Å²) in [7, 11) is -2.49. The Morgan fingerprint density at radius 3 is 2.05 bits per heavy atom. The van der Waals surface area contributed by atoms with Crippen molar-refractivity contribution < 1.29 is 0 Å². The Bertz CT molecular complexity index is 358. The van der Waals surface area contributed by atoms with Gasteiger partial charge in [0, 0.05) is 12.8 Å². The lowest BCUT2D eigenvalue weighted by Gasteiger charge is -2.40. The van der Waals surface area contributed by atoms with Gasteiger partial charge in [0.05, 0.1) is 12.1 Å². The van der Waals surface area contributed by atoms with Crippen molar-refractivity contribution in [2.24, 2.45) is 0 Å². The second kappa shape index (κ2) is 9.74. The molecule has 0 aliphatic carbocycles. The Morgan fingerprint density at radius 2 is 1.63 bits per heavy atom. The molecule has 0 aromatic heterocycles. The maximum absolute atomic E-state index is 8.70. The van der Waals surface area contributed by atoms with Gasteiger partial charge in [-0.05, 0) is 25.4 Å². The van der Waals surface area contributed by atoms with Crippen LogP contribution in [0.15, 0.2) is 24.6 Å². The Kier molecular flexibility index (Phi) is 9.15. The van der Waals surface area contributed by atoms with Crippen LogP contribution in [0.1, 0.15) is 25.7 Å². The van der Waals surface area contributed by atoms with Gasteiger partial charge in [-0.15, -0.1) is 13.2 Å². The zero-order chi connectivity index (χ0) is 14.7. The molecule has 0 atom stereocenters. The summed E-state index contributed by atoms with van der Waals surface area (Å²) in [6, 6.07) is 5.43. The van der Waals surface area contributed by atoms with Gasteiger partial charge in [-0.2, -0.15) is 10.5 Å². The molecule has 0 aromatic rings. The van der Waals surface area contributed by atoms with Crippen molar-refractivity contribution in [2.45, 2.75) is 44.8 Å². The van der Waals surface area contributed by atoms with Gasteiger partial charge in [-0.25, -0.2) is 0 Å². The van der Waals surface area contributed by atoms with Crippen LogP contribution in [0.4, 0.5) is 0 Å². The van der Waals surface area contributed by atoms with Crippen LogP contribution in [0.3, 0.4) is 0 Å². The molecule has 0 bridgehead atoms. The normalized spacial score (nSPS) is 11.1. The summed E-state index contributed by atoms with van der Waals surface area (Å²) in [6.45, 7) is 13.6. The van der Waals surface area contributed by atoms with E-state index in [-0.39, 0.29) is 0 Å². The molecular weight excluding hydrogens is 266 g/mol. The van der Waals surface area contributed by atoms with Crippen LogP contribution in [0.25, 0.3) is 0 Å². The van der Waals surface area contributed by atoms with E-state index in [2.05, 4.69) is 54.0 Å². The molecule has 1 radical (unpaired) electrons. The quantitative estimate of drug-likeness (QED) is 0.457. The largest absolute Gasteiger partial charge is 0.340 e. The topological polar surface area (TPSA) is 50.8 Å². The molecule has 0 unspecified atom stereocenters. The van der Waals surface area contributed by atoms with Crippen molar-refractivity contribution in [2.75, 3.05) is 6.54 Å². The summed E-state index contributed by atoms with van der Waals surface area (Å²) in [5.41, 5.74) is 4.17. The molecule has 3 nitrogen and oxygen atoms in total. The maximum Gasteiger partial charge on any atom is 0.170 e. The third-order valence-corrected chi connectivity index (χ3v) is 11.0. The van der Waals surface area contributed by atoms with Crippen LogP contribution in [-0.4, -0.2) is 28.0 Å². The maximum atomic E-state index is 8.70. The fraction of sp³-hybridized carbons (Fsp3) is 0.571. The van der Waals surface area contributed by atoms with Gasteiger partial charge in [-0.3, -0.25) is 0 Å². The fourth-order valence-electron chi connectivity index (χ4n) is 2.26. The molecule has 0 saturated carbocycles. The van der Waals surface area contributed by atoms with Crippen LogP contribution in [0.5, 0.6) is 0 Å². The molecule has 0 heterocycles. The molecular formula is C14H24N3Si2. The van der Waals surface area contributed by atoms with Gasteiger partial charge >= 0.3 is 0 Å². The van der Waals surface area contributed by atoms with E-state index in [4.69, 9.17) is 10.5 Å². The molecule has 19 heavy (non-hydrogen) atoms. The molecule has 0 N–H and O–H groups in total. The lowest BCUT2D eigenvalue weighted by atomic mass is 10.3. The molecule has 5 heteroatoms. The molecule has 0 aliphatic heterocycles. The van der Waals surface area contributed by atoms with Gasteiger partial charge in [0.15, 0.2) is 8.24 Å². The SMILES string of the molecule is C=C[Si](C=C)(CCCC#N)N(CCCC#N)[Si](C)C. The monoisotopic (exact) mass is 290 g/mol. The molecule has 0 aliphatic rings. The minimum Gasteiger partial charge on any atom is -0.340 e. The highest BCUT2D eigenvalue weighted by Crippen LogP contribution is 2.23. The van der Waals surface area contributed by atoms with Gasteiger partial charge in [0.25, 0.3) is 0 Å². The van der Waals surface area contributed by atoms with E-state index in [1.165, 1.54) is 0 Å². The van der Waals surface area contributed by atoms with Crippen molar-refractivity contribution in [3.8, 4) is 12.1 Å². The van der Waals surface area contributed by atoms with Gasteiger partial charge < -0.3 is 4.23 Å². The molecule has 0 fully saturated rings. The van der Waals surface area contributed by atoms with Crippen LogP contribution in [0.2, 0.25) is 19.1 Å². The molecule has 0 aromatic carbocycles. The zero-order valence-electron chi connectivity index (χ0n) is 12.2. The van der Waals surface area contributed by atoms with Crippen LogP contribution >= 0.6 is 0 Å². The number of nitrogens with zero attached hydrogens (tertiary/aromatic N) is 3. The first kappa shape index (κ1) is 17.9. The summed E-state index contributed by atoms with van der Waals surface area (Å²) >= 11 is 0. The lowest BCUT2D eigenvalue weighted by Crippen LogP contribution is -2.56. The van der Waals surface area contributed by atoms with E-state index in [9.17, 15) is 0 Å². The number of rotatable bonds is 10. The zero-order valence-corrected chi connectivity index (χ0v) is 14.2. The predicted molar refractivity (Wildman–Crippen MR) is 84.8 cm³/mol. The molecule has 0 saturated heterocycles. The van der Waals surface area contributed by atoms with Crippen molar-refractivity contribution in [3.63, 3.8) is 0 Å². The van der Waals surface area contributed by atoms with E-state index >= 15 is 0 Å². The summed E-state index contributed by atoms with van der Waals surface area (Å²) in [6.07, 6.45) is 3.01. The standard InChI is InChI=1S/C14H24N3Si2/c1-5-19(6-2,14-10-8-12-16)17(18(3)4)13-9-7-11-15/h5-6H,1-2,7-10,13-14H2,3-4H3. The highest BCUT2D eigenvalue weighted by Gasteiger charge is 2.34. The summed E-state index contributed by atoms with van der Waals surface area (Å²) in [5.74, 6) is 0. The highest BCUT2D eigenvalue weighted by atomic mass is 28.4. The fourth-order valence-corrected chi connectivity index (χ4v) is 9.68. The average Bonchev–Trinajstić information content (AvgIpc) is 2.41. The first-order chi connectivity index (χ1) is 9.07. The Morgan fingerprint density at radius 1 is 1.11 bits per heavy atom. The third kappa shape index (κ3) is 5.56. The minimum atomic E-state index is -1.88. The molecule has 103 valence electrons. The lowest BCUT2D eigenvalue weighted by molar-refractivity contribution is 0.598. The van der Waals surface area contributed by atoms with Gasteiger partial charge in [-0.1, -0.05) is 24.5 Å². The third-order valence-electron chi connectivity index (χ3n) is 3.29. The van der Waals surface area contributed by atoms with E-state index in [0.29, 0.717) is 12.8 Å².